The second kappa shape index (κ2) is 8.39. The number of carbonyl (C=O) groups is 1. The van der Waals surface area contributed by atoms with E-state index in [1.54, 1.807) is 42.5 Å². The monoisotopic (exact) mass is 395 g/mol. The molecule has 0 fully saturated rings. The summed E-state index contributed by atoms with van der Waals surface area (Å²) in [6.45, 7) is -0.0972. The predicted molar refractivity (Wildman–Crippen MR) is 101 cm³/mol. The van der Waals surface area contributed by atoms with Crippen LogP contribution in [0, 0.1) is 12.3 Å². The number of nitrogens with zero attached hydrogens (tertiary/aromatic N) is 1. The molecule has 0 aromatic heterocycles. The van der Waals surface area contributed by atoms with Gasteiger partial charge < -0.3 is 4.90 Å². The summed E-state index contributed by atoms with van der Waals surface area (Å²) in [6, 6.07) is 14.6. The van der Waals surface area contributed by atoms with Gasteiger partial charge in [0.05, 0.1) is 10.6 Å². The normalized spacial score (nSPS) is 11.1. The van der Waals surface area contributed by atoms with Gasteiger partial charge in [-0.3, -0.25) is 4.79 Å². The number of halogens is 2. The van der Waals surface area contributed by atoms with Gasteiger partial charge in [0.2, 0.25) is 0 Å². The fraction of sp³-hybridized carbons (Fsp3) is 0.167. The third-order valence-electron chi connectivity index (χ3n) is 3.46. The Hall–Kier alpha value is -2.00. The van der Waals surface area contributed by atoms with Gasteiger partial charge in [0.15, 0.2) is 14.7 Å². The summed E-state index contributed by atoms with van der Waals surface area (Å²) in [6.07, 6.45) is 5.37. The molecule has 0 saturated carbocycles. The minimum atomic E-state index is -3.56. The van der Waals surface area contributed by atoms with Crippen LogP contribution < -0.4 is 4.90 Å². The number of hydrogen-bond acceptors (Lipinski definition) is 3. The lowest BCUT2D eigenvalue weighted by molar-refractivity contribution is -0.116. The highest BCUT2D eigenvalue weighted by molar-refractivity contribution is 7.91. The molecule has 0 aliphatic rings. The van der Waals surface area contributed by atoms with E-state index in [0.717, 1.165) is 0 Å². The van der Waals surface area contributed by atoms with Crippen LogP contribution in [0.3, 0.4) is 0 Å². The molecule has 0 radical (unpaired) electrons. The van der Waals surface area contributed by atoms with E-state index < -0.39 is 20.6 Å². The molecule has 25 heavy (non-hydrogen) atoms. The molecule has 2 aromatic rings. The van der Waals surface area contributed by atoms with Crippen molar-refractivity contribution in [3.05, 3.63) is 60.2 Å². The third-order valence-corrected chi connectivity index (χ3v) is 5.55. The third kappa shape index (κ3) is 4.99. The zero-order valence-corrected chi connectivity index (χ0v) is 15.4. The first-order chi connectivity index (χ1) is 11.8. The van der Waals surface area contributed by atoms with Crippen LogP contribution in [0.5, 0.6) is 0 Å². The Morgan fingerprint density at radius 2 is 1.80 bits per heavy atom. The molecule has 2 rings (SSSR count). The number of terminal acetylenes is 1. The van der Waals surface area contributed by atoms with Crippen LogP contribution in [0.15, 0.2) is 59.5 Å². The molecule has 2 aromatic carbocycles. The fourth-order valence-electron chi connectivity index (χ4n) is 2.21. The number of alkyl halides is 2. The van der Waals surface area contributed by atoms with Crippen molar-refractivity contribution in [1.29, 1.82) is 0 Å². The quantitative estimate of drug-likeness (QED) is 0.556. The number of benzene rings is 2. The molecule has 0 bridgehead atoms. The Balaban J connectivity index is 2.28. The van der Waals surface area contributed by atoms with Crippen LogP contribution in [-0.4, -0.2) is 31.5 Å². The molecule has 0 aliphatic heterocycles. The standard InChI is InChI=1S/C18H15Cl2NO3S/c1-2-14-7-6-8-15(13-14)21(18(22)17(19)20)11-12-25(23,24)16-9-4-3-5-10-16/h1,3-10,13,17H,11-12H2. The number of sulfone groups is 1. The lowest BCUT2D eigenvalue weighted by atomic mass is 10.2. The lowest BCUT2D eigenvalue weighted by Crippen LogP contribution is -2.38. The number of anilines is 1. The van der Waals surface area contributed by atoms with Crippen molar-refractivity contribution < 1.29 is 13.2 Å². The molecule has 0 aliphatic carbocycles. The van der Waals surface area contributed by atoms with Gasteiger partial charge in [0.1, 0.15) is 0 Å². The maximum atomic E-state index is 12.4. The summed E-state index contributed by atoms with van der Waals surface area (Å²) in [5.41, 5.74) is 0.997. The number of rotatable bonds is 6. The second-order valence-electron chi connectivity index (χ2n) is 5.12. The van der Waals surface area contributed by atoms with E-state index in [4.69, 9.17) is 29.6 Å². The highest BCUT2D eigenvalue weighted by Gasteiger charge is 2.24. The maximum absolute atomic E-state index is 12.4. The van der Waals surface area contributed by atoms with Gasteiger partial charge in [0.25, 0.3) is 5.91 Å². The molecule has 0 unspecified atom stereocenters. The minimum Gasteiger partial charge on any atom is -0.309 e. The molecule has 130 valence electrons. The van der Waals surface area contributed by atoms with Crippen molar-refractivity contribution in [3.63, 3.8) is 0 Å². The predicted octanol–water partition coefficient (Wildman–Crippen LogP) is 3.28. The number of carbonyl (C=O) groups excluding carboxylic acids is 1. The van der Waals surface area contributed by atoms with Gasteiger partial charge in [0, 0.05) is 17.8 Å². The molecule has 0 heterocycles. The zero-order chi connectivity index (χ0) is 18.4. The van der Waals surface area contributed by atoms with Crippen LogP contribution in [0.1, 0.15) is 5.56 Å². The SMILES string of the molecule is C#Cc1cccc(N(CCS(=O)(=O)c2ccccc2)C(=O)C(Cl)Cl)c1. The average Bonchev–Trinajstić information content (AvgIpc) is 2.62. The highest BCUT2D eigenvalue weighted by atomic mass is 35.5. The summed E-state index contributed by atoms with van der Waals surface area (Å²) in [4.78, 5) is 12.4. The fourth-order valence-corrected chi connectivity index (χ4v) is 3.67. The molecular weight excluding hydrogens is 381 g/mol. The summed E-state index contributed by atoms with van der Waals surface area (Å²) in [5.74, 6) is 1.58. The summed E-state index contributed by atoms with van der Waals surface area (Å²) in [5, 5.41) is 0. The Morgan fingerprint density at radius 1 is 1.12 bits per heavy atom. The lowest BCUT2D eigenvalue weighted by Gasteiger charge is -2.23. The van der Waals surface area contributed by atoms with Crippen LogP contribution in [0.25, 0.3) is 0 Å². The Kier molecular flexibility index (Phi) is 6.49. The molecule has 1 amide bonds. The second-order valence-corrected chi connectivity index (χ2v) is 8.32. The van der Waals surface area contributed by atoms with E-state index in [9.17, 15) is 13.2 Å². The molecule has 0 N–H and O–H groups in total. The number of amides is 1. The van der Waals surface area contributed by atoms with Crippen molar-refractivity contribution in [2.45, 2.75) is 9.73 Å². The topological polar surface area (TPSA) is 54.5 Å². The van der Waals surface area contributed by atoms with Crippen molar-refractivity contribution in [2.75, 3.05) is 17.2 Å². The van der Waals surface area contributed by atoms with Gasteiger partial charge in [-0.1, -0.05) is 53.4 Å². The van der Waals surface area contributed by atoms with Gasteiger partial charge >= 0.3 is 0 Å². The molecular formula is C18H15Cl2NO3S. The van der Waals surface area contributed by atoms with E-state index in [0.29, 0.717) is 11.3 Å². The van der Waals surface area contributed by atoms with Gasteiger partial charge in [-0.25, -0.2) is 8.42 Å². The molecule has 0 saturated heterocycles. The van der Waals surface area contributed by atoms with E-state index in [1.165, 1.54) is 17.0 Å². The van der Waals surface area contributed by atoms with E-state index in [1.807, 2.05) is 0 Å². The first-order valence-electron chi connectivity index (χ1n) is 7.29. The van der Waals surface area contributed by atoms with E-state index in [-0.39, 0.29) is 17.2 Å². The van der Waals surface area contributed by atoms with Crippen LogP contribution in [0.2, 0.25) is 0 Å². The van der Waals surface area contributed by atoms with E-state index >= 15 is 0 Å². The Morgan fingerprint density at radius 3 is 2.40 bits per heavy atom. The van der Waals surface area contributed by atoms with E-state index in [2.05, 4.69) is 5.92 Å². The first kappa shape index (κ1) is 19.3. The smallest absolute Gasteiger partial charge is 0.260 e. The van der Waals surface area contributed by atoms with Crippen molar-refractivity contribution in [1.82, 2.24) is 0 Å². The van der Waals surface area contributed by atoms with Crippen LogP contribution in [0.4, 0.5) is 5.69 Å². The molecule has 7 heteroatoms. The summed E-state index contributed by atoms with van der Waals surface area (Å²) >= 11 is 11.4. The average molecular weight is 396 g/mol. The zero-order valence-electron chi connectivity index (χ0n) is 13.1. The summed E-state index contributed by atoms with van der Waals surface area (Å²) in [7, 11) is -3.56. The Bertz CT molecular complexity index is 890. The minimum absolute atomic E-state index is 0.0972. The maximum Gasteiger partial charge on any atom is 0.260 e. The van der Waals surface area contributed by atoms with Gasteiger partial charge in [-0.15, -0.1) is 6.42 Å². The van der Waals surface area contributed by atoms with Crippen molar-refractivity contribution in [3.8, 4) is 12.3 Å². The van der Waals surface area contributed by atoms with Crippen molar-refractivity contribution in [2.24, 2.45) is 0 Å². The van der Waals surface area contributed by atoms with Crippen LogP contribution >= 0.6 is 23.2 Å². The van der Waals surface area contributed by atoms with Crippen LogP contribution in [-0.2, 0) is 14.6 Å². The van der Waals surface area contributed by atoms with Gasteiger partial charge in [-0.2, -0.15) is 0 Å². The molecule has 0 atom stereocenters. The molecule has 4 nitrogen and oxygen atoms in total. The van der Waals surface area contributed by atoms with Gasteiger partial charge in [-0.05, 0) is 30.3 Å². The first-order valence-corrected chi connectivity index (χ1v) is 9.81. The van der Waals surface area contributed by atoms with Crippen molar-refractivity contribution >= 4 is 44.6 Å². The molecule has 0 spiro atoms. The highest BCUT2D eigenvalue weighted by Crippen LogP contribution is 2.20. The summed E-state index contributed by atoms with van der Waals surface area (Å²) < 4.78 is 24.9. The Labute approximate surface area is 157 Å². The largest absolute Gasteiger partial charge is 0.309 e. The number of hydrogen-bond donors (Lipinski definition) is 0.